The summed E-state index contributed by atoms with van der Waals surface area (Å²) in [6, 6.07) is 1.32. The van der Waals surface area contributed by atoms with Gasteiger partial charge in [0.15, 0.2) is 0 Å². The number of hydrogen-bond acceptors (Lipinski definition) is 4. The molecule has 4 nitrogen and oxygen atoms in total. The predicted molar refractivity (Wildman–Crippen MR) is 69.2 cm³/mol. The summed E-state index contributed by atoms with van der Waals surface area (Å²) in [5, 5.41) is 1.51. The number of hydrogen-bond donors (Lipinski definition) is 0. The van der Waals surface area contributed by atoms with E-state index in [-0.39, 0.29) is 10.1 Å². The van der Waals surface area contributed by atoms with Gasteiger partial charge in [-0.2, -0.15) is 0 Å². The van der Waals surface area contributed by atoms with Gasteiger partial charge in [0.1, 0.15) is 4.21 Å². The van der Waals surface area contributed by atoms with E-state index < -0.39 is 9.05 Å². The third-order valence-electron chi connectivity index (χ3n) is 2.26. The fourth-order valence-corrected chi connectivity index (χ4v) is 3.21. The predicted octanol–water partition coefficient (Wildman–Crippen LogP) is 2.55. The van der Waals surface area contributed by atoms with Crippen LogP contribution in [0.2, 0.25) is 0 Å². The van der Waals surface area contributed by atoms with Crippen molar-refractivity contribution in [3.8, 4) is 0 Å². The highest BCUT2D eigenvalue weighted by atomic mass is 35.7. The fraction of sp³-hybridized carbons (Fsp3) is 0.500. The number of carbonyl (C=O) groups excluding carboxylic acids is 1. The van der Waals surface area contributed by atoms with Crippen LogP contribution >= 0.6 is 22.0 Å². The Balaban J connectivity index is 2.80. The number of unbranched alkanes of at least 4 members (excludes halogenated alkanes) is 1. The Morgan fingerprint density at radius 3 is 2.65 bits per heavy atom. The molecule has 0 N–H and O–H groups in total. The van der Waals surface area contributed by atoms with Crippen molar-refractivity contribution in [2.75, 3.05) is 13.6 Å². The summed E-state index contributed by atoms with van der Waals surface area (Å²) in [5.41, 5.74) is 0.368. The lowest BCUT2D eigenvalue weighted by molar-refractivity contribution is 0.0793. The first-order valence-corrected chi connectivity index (χ1v) is 8.33. The lowest BCUT2D eigenvalue weighted by Crippen LogP contribution is -2.27. The maximum Gasteiger partial charge on any atom is 0.270 e. The van der Waals surface area contributed by atoms with Gasteiger partial charge in [-0.05, 0) is 12.5 Å². The Kier molecular flexibility index (Phi) is 4.97. The normalized spacial score (nSPS) is 11.5. The molecule has 0 atom stereocenters. The average Bonchev–Trinajstić information content (AvgIpc) is 2.73. The first kappa shape index (κ1) is 14.5. The second-order valence-electron chi connectivity index (χ2n) is 3.67. The summed E-state index contributed by atoms with van der Waals surface area (Å²) in [4.78, 5) is 13.5. The molecule has 0 aliphatic heterocycles. The van der Waals surface area contributed by atoms with Crippen molar-refractivity contribution in [1.29, 1.82) is 0 Å². The van der Waals surface area contributed by atoms with Gasteiger partial charge in [0.25, 0.3) is 15.0 Å². The van der Waals surface area contributed by atoms with Crippen molar-refractivity contribution < 1.29 is 13.2 Å². The molecule has 1 rings (SSSR count). The monoisotopic (exact) mass is 295 g/mol. The van der Waals surface area contributed by atoms with Crippen LogP contribution in [0.15, 0.2) is 15.7 Å². The van der Waals surface area contributed by atoms with Crippen LogP contribution in [0.5, 0.6) is 0 Å². The molecule has 0 aromatic carbocycles. The molecule has 0 unspecified atom stereocenters. The highest BCUT2D eigenvalue weighted by molar-refractivity contribution is 8.15. The van der Waals surface area contributed by atoms with Gasteiger partial charge in [0, 0.05) is 29.7 Å². The van der Waals surface area contributed by atoms with Gasteiger partial charge < -0.3 is 4.90 Å². The topological polar surface area (TPSA) is 54.5 Å². The first-order valence-electron chi connectivity index (χ1n) is 5.15. The minimum absolute atomic E-state index is 0.00593. The summed E-state index contributed by atoms with van der Waals surface area (Å²) >= 11 is 0.959. The second kappa shape index (κ2) is 5.84. The van der Waals surface area contributed by atoms with Gasteiger partial charge in [0.2, 0.25) is 0 Å². The van der Waals surface area contributed by atoms with E-state index in [0.717, 1.165) is 24.2 Å². The van der Waals surface area contributed by atoms with Crippen LogP contribution < -0.4 is 0 Å². The molecule has 0 radical (unpaired) electrons. The molecular weight excluding hydrogens is 282 g/mol. The van der Waals surface area contributed by atoms with Crippen LogP contribution in [0.3, 0.4) is 0 Å². The highest BCUT2D eigenvalue weighted by Crippen LogP contribution is 2.24. The van der Waals surface area contributed by atoms with Gasteiger partial charge in [-0.3, -0.25) is 4.79 Å². The average molecular weight is 296 g/mol. The van der Waals surface area contributed by atoms with Crippen LogP contribution in [0, 0.1) is 0 Å². The molecule has 96 valence electrons. The van der Waals surface area contributed by atoms with Crippen molar-refractivity contribution in [1.82, 2.24) is 4.90 Å². The lowest BCUT2D eigenvalue weighted by atomic mass is 10.2. The molecule has 1 aromatic heterocycles. The Morgan fingerprint density at radius 1 is 1.53 bits per heavy atom. The molecule has 0 saturated carbocycles. The number of amides is 1. The smallest absolute Gasteiger partial charge is 0.270 e. The molecule has 1 heterocycles. The van der Waals surface area contributed by atoms with E-state index >= 15 is 0 Å². The van der Waals surface area contributed by atoms with E-state index in [1.807, 2.05) is 6.92 Å². The SMILES string of the molecule is CCCCN(C)C(=O)c1csc(S(=O)(=O)Cl)c1. The number of thiophene rings is 1. The van der Waals surface area contributed by atoms with Gasteiger partial charge >= 0.3 is 0 Å². The van der Waals surface area contributed by atoms with E-state index in [1.165, 1.54) is 11.4 Å². The molecule has 0 aliphatic rings. The fourth-order valence-electron chi connectivity index (χ4n) is 1.27. The van der Waals surface area contributed by atoms with E-state index in [4.69, 9.17) is 10.7 Å². The summed E-state index contributed by atoms with van der Waals surface area (Å²) in [6.07, 6.45) is 1.93. The van der Waals surface area contributed by atoms with Crippen molar-refractivity contribution in [2.24, 2.45) is 0 Å². The Labute approximate surface area is 110 Å². The second-order valence-corrected chi connectivity index (χ2v) is 7.38. The molecule has 1 amide bonds. The molecule has 7 heteroatoms. The van der Waals surface area contributed by atoms with E-state index in [1.54, 1.807) is 11.9 Å². The maximum atomic E-state index is 11.9. The van der Waals surface area contributed by atoms with Crippen LogP contribution in [-0.2, 0) is 9.05 Å². The van der Waals surface area contributed by atoms with E-state index in [0.29, 0.717) is 12.1 Å². The first-order chi connectivity index (χ1) is 7.86. The molecule has 0 spiro atoms. The third-order valence-corrected chi connectivity index (χ3v) is 5.30. The molecule has 0 saturated heterocycles. The summed E-state index contributed by atoms with van der Waals surface area (Å²) in [5.74, 6) is -0.179. The van der Waals surface area contributed by atoms with Gasteiger partial charge in [0.05, 0.1) is 5.56 Å². The summed E-state index contributed by atoms with van der Waals surface area (Å²) in [6.45, 7) is 2.70. The lowest BCUT2D eigenvalue weighted by Gasteiger charge is -2.15. The van der Waals surface area contributed by atoms with Crippen molar-refractivity contribution in [3.05, 3.63) is 17.0 Å². The minimum atomic E-state index is -3.74. The standard InChI is InChI=1S/C10H14ClNO3S2/c1-3-4-5-12(2)10(13)8-6-9(16-7-8)17(11,14)15/h6-7H,3-5H2,1-2H3. The number of nitrogens with zero attached hydrogens (tertiary/aromatic N) is 1. The van der Waals surface area contributed by atoms with Gasteiger partial charge in [-0.1, -0.05) is 13.3 Å². The van der Waals surface area contributed by atoms with Gasteiger partial charge in [-0.15, -0.1) is 11.3 Å². The summed E-state index contributed by atoms with van der Waals surface area (Å²) in [7, 11) is 3.16. The molecule has 17 heavy (non-hydrogen) atoms. The Morgan fingerprint density at radius 2 is 2.18 bits per heavy atom. The molecule has 0 bridgehead atoms. The van der Waals surface area contributed by atoms with Crippen LogP contribution in [0.25, 0.3) is 0 Å². The quantitative estimate of drug-likeness (QED) is 0.785. The van der Waals surface area contributed by atoms with Crippen LogP contribution in [0.4, 0.5) is 0 Å². The van der Waals surface area contributed by atoms with Crippen molar-refractivity contribution >= 4 is 37.0 Å². The number of rotatable bonds is 5. The van der Waals surface area contributed by atoms with E-state index in [9.17, 15) is 13.2 Å². The van der Waals surface area contributed by atoms with Crippen molar-refractivity contribution in [2.45, 2.75) is 24.0 Å². The van der Waals surface area contributed by atoms with E-state index in [2.05, 4.69) is 0 Å². The van der Waals surface area contributed by atoms with Crippen LogP contribution in [0.1, 0.15) is 30.1 Å². The number of halogens is 1. The number of carbonyl (C=O) groups is 1. The molecular formula is C10H14ClNO3S2. The largest absolute Gasteiger partial charge is 0.342 e. The molecule has 0 aliphatic carbocycles. The molecule has 1 aromatic rings. The van der Waals surface area contributed by atoms with Crippen LogP contribution in [-0.4, -0.2) is 32.8 Å². The maximum absolute atomic E-state index is 11.9. The summed E-state index contributed by atoms with van der Waals surface area (Å²) < 4.78 is 22.1. The Hall–Kier alpha value is -0.590. The zero-order chi connectivity index (χ0) is 13.1. The molecule has 0 fully saturated rings. The minimum Gasteiger partial charge on any atom is -0.342 e. The zero-order valence-corrected chi connectivity index (χ0v) is 12.0. The Bertz CT molecular complexity index is 495. The van der Waals surface area contributed by atoms with Gasteiger partial charge in [-0.25, -0.2) is 8.42 Å². The zero-order valence-electron chi connectivity index (χ0n) is 9.64. The highest BCUT2D eigenvalue weighted by Gasteiger charge is 2.18. The third kappa shape index (κ3) is 3.97. The van der Waals surface area contributed by atoms with Crippen molar-refractivity contribution in [3.63, 3.8) is 0 Å².